The lowest BCUT2D eigenvalue weighted by Gasteiger charge is -2.45. The SMILES string of the molecule is CC(=O)Nc1ccc(S(=O)(=O)Nn2c(C)nc3ccc(N4C(N)=NC(N)=NC45CCCCC5)cc3c2=O)cc1. The molecule has 0 radical (unpaired) electrons. The summed E-state index contributed by atoms with van der Waals surface area (Å²) >= 11 is 0. The molecule has 1 amide bonds. The maximum atomic E-state index is 13.6. The average molecular weight is 552 g/mol. The van der Waals surface area contributed by atoms with Crippen molar-refractivity contribution in [1.29, 1.82) is 0 Å². The number of aliphatic imine (C=N–C) groups is 2. The number of benzene rings is 2. The molecule has 39 heavy (non-hydrogen) atoms. The highest BCUT2D eigenvalue weighted by Gasteiger charge is 2.42. The third-order valence-corrected chi connectivity index (χ3v) is 8.14. The van der Waals surface area contributed by atoms with E-state index < -0.39 is 21.2 Å². The number of fused-ring (bicyclic) bond motifs is 1. The molecule has 1 fully saturated rings. The Hall–Kier alpha value is -4.46. The minimum Gasteiger partial charge on any atom is -0.369 e. The van der Waals surface area contributed by atoms with Crippen molar-refractivity contribution in [3.63, 3.8) is 0 Å². The summed E-state index contributed by atoms with van der Waals surface area (Å²) in [7, 11) is -4.16. The number of carbonyl (C=O) groups is 1. The summed E-state index contributed by atoms with van der Waals surface area (Å²) in [6.07, 6.45) is 4.39. The van der Waals surface area contributed by atoms with E-state index in [1.807, 2.05) is 0 Å². The van der Waals surface area contributed by atoms with E-state index in [9.17, 15) is 18.0 Å². The Labute approximate surface area is 224 Å². The molecular formula is C25H29N9O4S. The monoisotopic (exact) mass is 551 g/mol. The van der Waals surface area contributed by atoms with Gasteiger partial charge < -0.3 is 16.8 Å². The van der Waals surface area contributed by atoms with E-state index in [2.05, 4.69) is 25.1 Å². The number of aryl methyl sites for hydroxylation is 1. The van der Waals surface area contributed by atoms with Gasteiger partial charge in [0.25, 0.3) is 15.6 Å². The second-order valence-corrected chi connectivity index (χ2v) is 11.3. The summed E-state index contributed by atoms with van der Waals surface area (Å²) in [4.78, 5) is 42.1. The van der Waals surface area contributed by atoms with Gasteiger partial charge >= 0.3 is 0 Å². The van der Waals surface area contributed by atoms with Crippen molar-refractivity contribution >= 4 is 50.1 Å². The van der Waals surface area contributed by atoms with Crippen LogP contribution in [0.5, 0.6) is 0 Å². The number of carbonyl (C=O) groups excluding carboxylic acids is 1. The highest BCUT2D eigenvalue weighted by Crippen LogP contribution is 2.39. The predicted octanol–water partition coefficient (Wildman–Crippen LogP) is 1.71. The molecule has 2 aromatic carbocycles. The third-order valence-electron chi connectivity index (χ3n) is 6.83. The van der Waals surface area contributed by atoms with E-state index in [-0.39, 0.29) is 33.9 Å². The molecule has 204 valence electrons. The van der Waals surface area contributed by atoms with Crippen LogP contribution in [0.25, 0.3) is 10.9 Å². The van der Waals surface area contributed by atoms with Crippen molar-refractivity contribution in [3.8, 4) is 0 Å². The van der Waals surface area contributed by atoms with Gasteiger partial charge in [0.05, 0.1) is 15.8 Å². The van der Waals surface area contributed by atoms with Crippen LogP contribution < -0.4 is 32.1 Å². The van der Waals surface area contributed by atoms with Crippen LogP contribution in [-0.4, -0.2) is 41.6 Å². The fraction of sp³-hybridized carbons (Fsp3) is 0.320. The number of aromatic nitrogens is 2. The van der Waals surface area contributed by atoms with Crippen LogP contribution in [0.3, 0.4) is 0 Å². The lowest BCUT2D eigenvalue weighted by atomic mass is 9.87. The Morgan fingerprint density at radius 3 is 2.41 bits per heavy atom. The standard InChI is InChI=1S/C25H29N9O4S/c1-15-28-21-11-8-18(33-24(27)30-23(26)31-25(33)12-4-3-5-13-25)14-20(21)22(36)34(15)32-39(37,38)19-9-6-17(7-10-19)29-16(2)35/h6-11,14,32H,3-5,12-13H2,1-2H3,(H,29,35)(H4,26,27,30,31). The minimum atomic E-state index is -4.16. The summed E-state index contributed by atoms with van der Waals surface area (Å²) in [5.74, 6) is 0.159. The van der Waals surface area contributed by atoms with Gasteiger partial charge in [0.2, 0.25) is 17.8 Å². The molecule has 5 rings (SSSR count). The van der Waals surface area contributed by atoms with Crippen LogP contribution in [0.1, 0.15) is 44.9 Å². The number of rotatable bonds is 5. The first-order chi connectivity index (χ1) is 18.5. The van der Waals surface area contributed by atoms with Gasteiger partial charge in [-0.1, -0.05) is 6.42 Å². The summed E-state index contributed by atoms with van der Waals surface area (Å²) in [5, 5.41) is 2.76. The number of nitrogens with one attached hydrogen (secondary N) is 2. The summed E-state index contributed by atoms with van der Waals surface area (Å²) in [5.41, 5.74) is 12.4. The van der Waals surface area contributed by atoms with Crippen molar-refractivity contribution in [2.75, 3.05) is 15.0 Å². The lowest BCUT2D eigenvalue weighted by molar-refractivity contribution is -0.114. The quantitative estimate of drug-likeness (QED) is 0.368. The smallest absolute Gasteiger partial charge is 0.280 e. The van der Waals surface area contributed by atoms with Crippen LogP contribution in [0.2, 0.25) is 0 Å². The number of anilines is 2. The molecule has 0 atom stereocenters. The molecule has 2 aliphatic rings. The van der Waals surface area contributed by atoms with Crippen LogP contribution in [0.4, 0.5) is 11.4 Å². The fourth-order valence-corrected chi connectivity index (χ4v) is 6.17. The molecular weight excluding hydrogens is 522 g/mol. The number of nitrogens with two attached hydrogens (primary N) is 2. The zero-order valence-corrected chi connectivity index (χ0v) is 22.3. The molecule has 1 aromatic heterocycles. The van der Waals surface area contributed by atoms with Gasteiger partial charge in [-0.25, -0.2) is 14.8 Å². The maximum Gasteiger partial charge on any atom is 0.280 e. The van der Waals surface area contributed by atoms with E-state index in [1.54, 1.807) is 23.1 Å². The third kappa shape index (κ3) is 4.90. The van der Waals surface area contributed by atoms with E-state index in [4.69, 9.17) is 11.5 Å². The Morgan fingerprint density at radius 2 is 1.74 bits per heavy atom. The molecule has 1 saturated carbocycles. The molecule has 6 N–H and O–H groups in total. The van der Waals surface area contributed by atoms with Gasteiger partial charge in [-0.15, -0.1) is 0 Å². The lowest BCUT2D eigenvalue weighted by Crippen LogP contribution is -2.58. The van der Waals surface area contributed by atoms with Gasteiger partial charge in [0, 0.05) is 18.3 Å². The molecule has 1 aliphatic carbocycles. The van der Waals surface area contributed by atoms with E-state index >= 15 is 0 Å². The maximum absolute atomic E-state index is 13.6. The van der Waals surface area contributed by atoms with Gasteiger partial charge in [-0.05, 0) is 75.1 Å². The largest absolute Gasteiger partial charge is 0.369 e. The molecule has 0 bridgehead atoms. The molecule has 0 unspecified atom stereocenters. The van der Waals surface area contributed by atoms with Crippen LogP contribution in [0, 0.1) is 6.92 Å². The van der Waals surface area contributed by atoms with Crippen molar-refractivity contribution in [2.24, 2.45) is 21.5 Å². The Kier molecular flexibility index (Phi) is 6.50. The Bertz CT molecular complexity index is 1690. The van der Waals surface area contributed by atoms with Gasteiger partial charge in [0.1, 0.15) is 11.5 Å². The Balaban J connectivity index is 1.54. The average Bonchev–Trinajstić information content (AvgIpc) is 2.87. The molecule has 3 aromatic rings. The van der Waals surface area contributed by atoms with E-state index in [1.165, 1.54) is 38.1 Å². The second kappa shape index (κ2) is 9.69. The topological polar surface area (TPSA) is 190 Å². The highest BCUT2D eigenvalue weighted by molar-refractivity contribution is 7.92. The van der Waals surface area contributed by atoms with Crippen LogP contribution in [-0.2, 0) is 14.8 Å². The Morgan fingerprint density at radius 1 is 1.05 bits per heavy atom. The number of nitrogens with zero attached hydrogens (tertiary/aromatic N) is 5. The summed E-state index contributed by atoms with van der Waals surface area (Å²) in [6.45, 7) is 2.88. The van der Waals surface area contributed by atoms with Gasteiger partial charge in [-0.2, -0.15) is 18.1 Å². The van der Waals surface area contributed by atoms with E-state index in [0.717, 1.165) is 36.8 Å². The predicted molar refractivity (Wildman–Crippen MR) is 150 cm³/mol. The fourth-order valence-electron chi connectivity index (χ4n) is 5.12. The summed E-state index contributed by atoms with van der Waals surface area (Å²) in [6, 6.07) is 10.7. The summed E-state index contributed by atoms with van der Waals surface area (Å²) < 4.78 is 27.1. The zero-order valence-electron chi connectivity index (χ0n) is 21.5. The highest BCUT2D eigenvalue weighted by atomic mass is 32.2. The minimum absolute atomic E-state index is 0.0938. The molecule has 13 nitrogen and oxygen atoms in total. The van der Waals surface area contributed by atoms with Gasteiger partial charge in [-0.3, -0.25) is 14.5 Å². The number of amides is 1. The normalized spacial score (nSPS) is 17.0. The number of guanidine groups is 2. The zero-order chi connectivity index (χ0) is 27.9. The number of hydrogen-bond acceptors (Lipinski definition) is 10. The molecule has 2 heterocycles. The molecule has 1 spiro atoms. The van der Waals surface area contributed by atoms with E-state index in [0.29, 0.717) is 16.9 Å². The van der Waals surface area contributed by atoms with Crippen LogP contribution >= 0.6 is 0 Å². The number of sulfonamides is 1. The van der Waals surface area contributed by atoms with Crippen LogP contribution in [0.15, 0.2) is 62.1 Å². The first-order valence-electron chi connectivity index (χ1n) is 12.4. The second-order valence-electron chi connectivity index (χ2n) is 9.62. The molecule has 1 aliphatic heterocycles. The van der Waals surface area contributed by atoms with Crippen molar-refractivity contribution in [2.45, 2.75) is 56.5 Å². The van der Waals surface area contributed by atoms with Crippen molar-refractivity contribution in [1.82, 2.24) is 9.66 Å². The molecule has 0 saturated heterocycles. The van der Waals surface area contributed by atoms with Crippen molar-refractivity contribution in [3.05, 3.63) is 58.6 Å². The van der Waals surface area contributed by atoms with Gasteiger partial charge in [0.15, 0.2) is 0 Å². The first-order valence-corrected chi connectivity index (χ1v) is 13.9. The first kappa shape index (κ1) is 26.2. The van der Waals surface area contributed by atoms with Crippen molar-refractivity contribution < 1.29 is 13.2 Å². The number of hydrogen-bond donors (Lipinski definition) is 4. The molecule has 14 heteroatoms.